The van der Waals surface area contributed by atoms with Gasteiger partial charge in [0.15, 0.2) is 0 Å². The molecule has 104 heavy (non-hydrogen) atoms. The molecule has 8 bridgehead atoms. The van der Waals surface area contributed by atoms with Gasteiger partial charge in [-0.25, -0.2) is 4.98 Å². The number of benzene rings is 5. The van der Waals surface area contributed by atoms with Gasteiger partial charge in [-0.05, 0) is 56.3 Å². The van der Waals surface area contributed by atoms with E-state index < -0.39 is 11.8 Å². The van der Waals surface area contributed by atoms with Gasteiger partial charge in [0.2, 0.25) is 0 Å². The normalized spacial score (nSPS) is 17.3. The molecule has 7 aromatic heterocycles. The summed E-state index contributed by atoms with van der Waals surface area (Å²) in [7, 11) is 3.93. The van der Waals surface area contributed by atoms with E-state index in [2.05, 4.69) is 39.2 Å². The smallest absolute Gasteiger partial charge is 0.259 e. The predicted octanol–water partition coefficient (Wildman–Crippen LogP) is 10.5. The van der Waals surface area contributed by atoms with Gasteiger partial charge in [0.1, 0.15) is 5.65 Å². The van der Waals surface area contributed by atoms with Crippen LogP contribution in [-0.4, -0.2) is 160 Å². The first-order chi connectivity index (χ1) is 50.9. The second kappa shape index (κ2) is 30.0. The molecule has 23 heteroatoms. The summed E-state index contributed by atoms with van der Waals surface area (Å²) in [4.78, 5) is 83.6. The van der Waals surface area contributed by atoms with Crippen molar-refractivity contribution in [3.63, 3.8) is 0 Å². The minimum atomic E-state index is -0.416. The van der Waals surface area contributed by atoms with Gasteiger partial charge in [-0.2, -0.15) is 0 Å². The molecule has 3 N–H and O–H groups in total. The molecule has 0 saturated heterocycles. The van der Waals surface area contributed by atoms with Gasteiger partial charge in [0.25, 0.3) is 35.4 Å². The van der Waals surface area contributed by atoms with Gasteiger partial charge in [0.05, 0.1) is 126 Å². The maximum atomic E-state index is 13.4. The van der Waals surface area contributed by atoms with Crippen molar-refractivity contribution in [2.45, 2.75) is 40.0 Å². The van der Waals surface area contributed by atoms with E-state index in [1.165, 1.54) is 0 Å². The number of fused-ring (bicyclic) bond motifs is 26. The molecule has 5 aromatic carbocycles. The van der Waals surface area contributed by atoms with Crippen LogP contribution in [0.1, 0.15) is 49.0 Å². The monoisotopic (exact) mass is 1400 g/mol. The third kappa shape index (κ3) is 13.0. The van der Waals surface area contributed by atoms with E-state index in [4.69, 9.17) is 33.2 Å². The molecule has 0 saturated carbocycles. The van der Waals surface area contributed by atoms with E-state index in [0.717, 1.165) is 99.2 Å². The van der Waals surface area contributed by atoms with E-state index in [0.29, 0.717) is 163 Å². The molecule has 17 rings (SSSR count). The first-order valence-electron chi connectivity index (χ1n) is 35.0. The third-order valence-corrected chi connectivity index (χ3v) is 19.9. The number of hydrogen-bond donors (Lipinski definition) is 3. The number of carbonyl (C=O) groups excluding carboxylic acids is 6. The molecule has 23 nitrogen and oxygen atoms in total. The van der Waals surface area contributed by atoms with Crippen molar-refractivity contribution in [2.24, 2.45) is 14.1 Å². The minimum Gasteiger partial charge on any atom is -0.377 e. The van der Waals surface area contributed by atoms with Crippen LogP contribution in [-0.2, 0) is 102 Å². The first-order valence-corrected chi connectivity index (χ1v) is 35.0. The largest absolute Gasteiger partial charge is 0.377 e. The van der Waals surface area contributed by atoms with Crippen molar-refractivity contribution in [2.75, 3.05) is 92.5 Å². The van der Waals surface area contributed by atoms with Gasteiger partial charge >= 0.3 is 0 Å². The quantitative estimate of drug-likeness (QED) is 0.136. The van der Waals surface area contributed by atoms with Gasteiger partial charge in [-0.3, -0.25) is 44.7 Å². The lowest BCUT2D eigenvalue weighted by atomic mass is 9.94. The van der Waals surface area contributed by atoms with Crippen LogP contribution in [0.25, 0.3) is 99.0 Å². The van der Waals surface area contributed by atoms with Crippen molar-refractivity contribution >= 4 is 134 Å². The van der Waals surface area contributed by atoms with Crippen LogP contribution in [0.15, 0.2) is 164 Å². The highest BCUT2D eigenvalue weighted by atomic mass is 16.6. The number of nitrogens with zero attached hydrogens (tertiary/aromatic N) is 7. The Balaban J connectivity index is 0.000000150. The fraction of sp³-hybridized carbons (Fsp3) is 0.272. The highest BCUT2D eigenvalue weighted by Crippen LogP contribution is 2.44. The SMILES string of the molecule is Cc1c(C2=C(c3cn(C)c4ccccc34)C(=O)NC2=O)c2ccccc2n1C.Cc1c2c3ccccc3n1CCOCCOCCOCCn1cc(c3ccccc31)C1=C2C(=O)NC1=O.O=C1NC(=O)C2=C1c1cn(c3ccccc13)CCOCCOCCOCCOCCn1cc2c2cccnc21.[HH].[HH].[HH]. The number of amides is 6. The number of nitrogens with one attached hydrogen (secondary N) is 3. The lowest BCUT2D eigenvalue weighted by molar-refractivity contribution is -0.124. The lowest BCUT2D eigenvalue weighted by Gasteiger charge is -2.11. The first kappa shape index (κ1) is 68.6. The van der Waals surface area contributed by atoms with E-state index in [1.54, 1.807) is 6.20 Å². The Kier molecular flexibility index (Phi) is 19.8. The number of rotatable bonds is 2. The highest BCUT2D eigenvalue weighted by Gasteiger charge is 2.40. The zero-order chi connectivity index (χ0) is 71.5. The number of para-hydroxylation sites is 5. The summed E-state index contributed by atoms with van der Waals surface area (Å²) in [6.07, 6.45) is 9.44. The minimum absolute atomic E-state index is 0. The zero-order valence-corrected chi connectivity index (χ0v) is 58.3. The maximum absolute atomic E-state index is 13.4. The van der Waals surface area contributed by atoms with Crippen LogP contribution < -0.4 is 16.0 Å². The average molecular weight is 1410 g/mol. The molecule has 0 fully saturated rings. The Morgan fingerprint density at radius 3 is 1.14 bits per heavy atom. The summed E-state index contributed by atoms with van der Waals surface area (Å²) >= 11 is 0. The van der Waals surface area contributed by atoms with E-state index in [-0.39, 0.29) is 27.9 Å². The van der Waals surface area contributed by atoms with Crippen LogP contribution in [0.2, 0.25) is 0 Å². The number of hydrogen-bond acceptors (Lipinski definition) is 14. The Bertz CT molecular complexity index is 5420. The van der Waals surface area contributed by atoms with Gasteiger partial charge in [-0.15, -0.1) is 0 Å². The van der Waals surface area contributed by atoms with E-state index in [9.17, 15) is 28.8 Å². The molecule has 5 aliphatic rings. The van der Waals surface area contributed by atoms with Gasteiger partial charge < -0.3 is 60.6 Å². The number of aromatic nitrogens is 7. The molecule has 6 amide bonds. The summed E-state index contributed by atoms with van der Waals surface area (Å²) in [5.41, 5.74) is 14.6. The van der Waals surface area contributed by atoms with Crippen LogP contribution >= 0.6 is 0 Å². The van der Waals surface area contributed by atoms with E-state index >= 15 is 0 Å². The third-order valence-electron chi connectivity index (χ3n) is 19.9. The molecule has 12 aromatic rings. The predicted molar refractivity (Wildman–Crippen MR) is 403 cm³/mol. The molecule has 0 aliphatic carbocycles. The fourth-order valence-electron chi connectivity index (χ4n) is 15.0. The number of ether oxygens (including phenoxy) is 7. The lowest BCUT2D eigenvalue weighted by Crippen LogP contribution is -2.22. The van der Waals surface area contributed by atoms with Crippen LogP contribution in [0.4, 0.5) is 0 Å². The van der Waals surface area contributed by atoms with Crippen molar-refractivity contribution in [3.05, 3.63) is 209 Å². The number of aryl methyl sites for hydroxylation is 2. The maximum Gasteiger partial charge on any atom is 0.259 e. The second-order valence-corrected chi connectivity index (χ2v) is 25.8. The second-order valence-electron chi connectivity index (χ2n) is 25.8. The summed E-state index contributed by atoms with van der Waals surface area (Å²) in [5, 5.41) is 13.1. The Hall–Kier alpha value is -11.2. The molecule has 0 unspecified atom stereocenters. The summed E-state index contributed by atoms with van der Waals surface area (Å²) in [5.74, 6) is -2.25. The Morgan fingerprint density at radius 2 is 0.654 bits per heavy atom. The van der Waals surface area contributed by atoms with E-state index in [1.807, 2.05) is 195 Å². The average Bonchev–Trinajstić information content (AvgIpc) is 1.59. The summed E-state index contributed by atoms with van der Waals surface area (Å²) < 4.78 is 52.3. The van der Waals surface area contributed by atoms with Crippen LogP contribution in [0, 0.1) is 13.8 Å². The molecule has 536 valence electrons. The molecule has 0 atom stereocenters. The summed E-state index contributed by atoms with van der Waals surface area (Å²) in [6, 6.07) is 43.5. The number of carbonyl (C=O) groups is 6. The van der Waals surface area contributed by atoms with Crippen LogP contribution in [0.5, 0.6) is 0 Å². The summed E-state index contributed by atoms with van der Waals surface area (Å²) in [6.45, 7) is 13.1. The highest BCUT2D eigenvalue weighted by molar-refractivity contribution is 6.53. The molecule has 0 radical (unpaired) electrons. The van der Waals surface area contributed by atoms with Crippen molar-refractivity contribution in [1.82, 2.24) is 48.3 Å². The van der Waals surface area contributed by atoms with Crippen molar-refractivity contribution < 1.29 is 66.2 Å². The fourth-order valence-corrected chi connectivity index (χ4v) is 15.0. The van der Waals surface area contributed by atoms with Gasteiger partial charge in [0, 0.05) is 180 Å². The number of imide groups is 3. The molecule has 5 aliphatic heterocycles. The van der Waals surface area contributed by atoms with Crippen LogP contribution in [0.3, 0.4) is 0 Å². The Labute approximate surface area is 602 Å². The molecule has 12 heterocycles. The number of pyridine rings is 1. The van der Waals surface area contributed by atoms with Crippen molar-refractivity contribution in [1.29, 1.82) is 0 Å². The zero-order valence-electron chi connectivity index (χ0n) is 58.3. The Morgan fingerprint density at radius 1 is 0.327 bits per heavy atom. The van der Waals surface area contributed by atoms with Crippen molar-refractivity contribution in [3.8, 4) is 0 Å². The van der Waals surface area contributed by atoms with Gasteiger partial charge in [-0.1, -0.05) is 91.0 Å². The standard InChI is InChI=1S/C29H30N4O6.C29H29N3O5.C23H19N3O2.3H2/c34-28-25-22-18-32(24-6-2-1-4-20(22)24)8-10-36-12-14-38-16-17-39-15-13-37-11-9-33-19-23(26(25)29(35)31-28)21-5-3-7-30-27(21)33;1-19-25-21-7-3-5-9-24(21)32(19)11-13-36-15-17-37-16-14-35-12-10-31-18-22(20-6-2-4-8-23(20)31)26-27(25)29(34)30-28(26)33;1-13-19(15-9-5-7-11-18(15)26(13)3)21-20(22(27)24-23(21)28)16-12-25(2)17-10-6-4-8-14(16)17;;;/h1-7,18-19H,8-17H2,(H,31,34,35);2-9,18H,10-17H2,1H3,(H,30,33,34);4-12H,1-3H3,(H,24,27,28);3*1H. The topological polar surface area (TPSA) is 246 Å². The molecular formula is C81H84N10O13. The molecular weight excluding hydrogens is 1320 g/mol. The molecule has 0 spiro atoms.